The molecule has 2 aromatic rings. The van der Waals surface area contributed by atoms with Crippen LogP contribution in [0.3, 0.4) is 0 Å². The quantitative estimate of drug-likeness (QED) is 0.393. The van der Waals surface area contributed by atoms with Crippen LogP contribution in [0.2, 0.25) is 0 Å². The largest absolute Gasteiger partial charge is 0.357 e. The Morgan fingerprint density at radius 2 is 1.77 bits per heavy atom. The van der Waals surface area contributed by atoms with E-state index in [9.17, 15) is 4.79 Å². The second kappa shape index (κ2) is 11.1. The van der Waals surface area contributed by atoms with Crippen molar-refractivity contribution < 1.29 is 4.79 Å². The molecule has 1 amide bonds. The molecule has 0 saturated carbocycles. The summed E-state index contributed by atoms with van der Waals surface area (Å²) in [5.41, 5.74) is 3.61. The molecule has 3 rings (SSSR count). The van der Waals surface area contributed by atoms with E-state index in [1.807, 2.05) is 4.90 Å². The van der Waals surface area contributed by atoms with Gasteiger partial charge in [0.05, 0.1) is 6.54 Å². The lowest BCUT2D eigenvalue weighted by atomic mass is 10.1. The van der Waals surface area contributed by atoms with Crippen LogP contribution < -0.4 is 5.32 Å². The van der Waals surface area contributed by atoms with Crippen molar-refractivity contribution in [2.75, 3.05) is 26.4 Å². The molecule has 1 aliphatic heterocycles. The second-order valence-corrected chi connectivity index (χ2v) is 8.49. The van der Waals surface area contributed by atoms with Crippen LogP contribution >= 0.6 is 11.8 Å². The zero-order valence-electron chi connectivity index (χ0n) is 18.2. The highest BCUT2D eigenvalue weighted by Gasteiger charge is 2.19. The van der Waals surface area contributed by atoms with E-state index in [-0.39, 0.29) is 5.91 Å². The lowest BCUT2D eigenvalue weighted by Gasteiger charge is -2.22. The number of guanidine groups is 1. The van der Waals surface area contributed by atoms with E-state index >= 15 is 0 Å². The number of benzene rings is 2. The highest BCUT2D eigenvalue weighted by molar-refractivity contribution is 7.98. The third kappa shape index (κ3) is 6.26. The molecule has 0 aliphatic carbocycles. The Hall–Kier alpha value is -2.47. The third-order valence-electron chi connectivity index (χ3n) is 5.25. The molecule has 0 radical (unpaired) electrons. The molecule has 0 bridgehead atoms. The summed E-state index contributed by atoms with van der Waals surface area (Å²) >= 11 is 1.76. The van der Waals surface area contributed by atoms with E-state index in [4.69, 9.17) is 4.99 Å². The standard InChI is InChI=1S/C24H32N4OS/c1-4-25-24(27(2)17-20-11-13-22(30-3)14-12-20)26-16-19-7-9-21(10-8-19)18-28-15-5-6-23(28)29/h7-14H,4-6,15-18H2,1-3H3,(H,25,26). The molecule has 0 unspecified atom stereocenters. The molecule has 0 spiro atoms. The first kappa shape index (κ1) is 22.2. The number of nitrogens with zero attached hydrogens (tertiary/aromatic N) is 3. The van der Waals surface area contributed by atoms with Gasteiger partial charge in [-0.05, 0) is 48.4 Å². The van der Waals surface area contributed by atoms with Gasteiger partial charge in [0.25, 0.3) is 0 Å². The van der Waals surface area contributed by atoms with Crippen LogP contribution in [0, 0.1) is 0 Å². The zero-order chi connectivity index (χ0) is 21.3. The van der Waals surface area contributed by atoms with Crippen LogP contribution in [0.5, 0.6) is 0 Å². The second-order valence-electron chi connectivity index (χ2n) is 7.61. The zero-order valence-corrected chi connectivity index (χ0v) is 19.0. The summed E-state index contributed by atoms with van der Waals surface area (Å²) in [5.74, 6) is 1.17. The van der Waals surface area contributed by atoms with Crippen LogP contribution in [-0.4, -0.2) is 48.1 Å². The van der Waals surface area contributed by atoms with Gasteiger partial charge in [-0.2, -0.15) is 0 Å². The van der Waals surface area contributed by atoms with E-state index in [1.165, 1.54) is 21.6 Å². The molecule has 1 heterocycles. The minimum absolute atomic E-state index is 0.269. The molecule has 0 aromatic heterocycles. The van der Waals surface area contributed by atoms with Crippen LogP contribution in [0.1, 0.15) is 36.5 Å². The van der Waals surface area contributed by atoms with Crippen LogP contribution in [0.25, 0.3) is 0 Å². The van der Waals surface area contributed by atoms with Gasteiger partial charge in [0.15, 0.2) is 5.96 Å². The normalized spacial score (nSPS) is 14.3. The summed E-state index contributed by atoms with van der Waals surface area (Å²) in [7, 11) is 2.07. The van der Waals surface area contributed by atoms with Gasteiger partial charge in [0.2, 0.25) is 5.91 Å². The number of rotatable bonds is 8. The molecule has 2 aromatic carbocycles. The molecule has 0 atom stereocenters. The molecule has 1 fully saturated rings. The molecule has 160 valence electrons. The van der Waals surface area contributed by atoms with Gasteiger partial charge >= 0.3 is 0 Å². The maximum atomic E-state index is 11.8. The van der Waals surface area contributed by atoms with Gasteiger partial charge < -0.3 is 15.1 Å². The number of amides is 1. The predicted octanol–water partition coefficient (Wildman–Crippen LogP) is 4.13. The number of hydrogen-bond acceptors (Lipinski definition) is 3. The van der Waals surface area contributed by atoms with E-state index < -0.39 is 0 Å². The maximum Gasteiger partial charge on any atom is 0.222 e. The maximum absolute atomic E-state index is 11.8. The van der Waals surface area contributed by atoms with Crippen molar-refractivity contribution in [2.24, 2.45) is 4.99 Å². The van der Waals surface area contributed by atoms with Crippen LogP contribution in [0.4, 0.5) is 0 Å². The molecular formula is C24H32N4OS. The first-order chi connectivity index (χ1) is 14.6. The van der Waals surface area contributed by atoms with Gasteiger partial charge in [-0.25, -0.2) is 4.99 Å². The van der Waals surface area contributed by atoms with Crippen molar-refractivity contribution in [3.8, 4) is 0 Å². The Kier molecular flexibility index (Phi) is 8.20. The smallest absolute Gasteiger partial charge is 0.222 e. The third-order valence-corrected chi connectivity index (χ3v) is 6.00. The molecule has 30 heavy (non-hydrogen) atoms. The summed E-state index contributed by atoms with van der Waals surface area (Å²) < 4.78 is 0. The Morgan fingerprint density at radius 1 is 1.10 bits per heavy atom. The van der Waals surface area contributed by atoms with E-state index in [1.54, 1.807) is 11.8 Å². The summed E-state index contributed by atoms with van der Waals surface area (Å²) in [4.78, 5) is 22.0. The van der Waals surface area contributed by atoms with Gasteiger partial charge in [0, 0.05) is 44.5 Å². The van der Waals surface area contributed by atoms with Gasteiger partial charge in [-0.15, -0.1) is 11.8 Å². The number of aliphatic imine (C=N–C) groups is 1. The lowest BCUT2D eigenvalue weighted by Crippen LogP contribution is -2.38. The van der Waals surface area contributed by atoms with E-state index in [0.717, 1.165) is 32.0 Å². The van der Waals surface area contributed by atoms with Gasteiger partial charge in [0.1, 0.15) is 0 Å². The lowest BCUT2D eigenvalue weighted by molar-refractivity contribution is -0.128. The highest BCUT2D eigenvalue weighted by atomic mass is 32.2. The van der Waals surface area contributed by atoms with E-state index in [2.05, 4.69) is 79.0 Å². The van der Waals surface area contributed by atoms with Crippen molar-refractivity contribution in [1.82, 2.24) is 15.1 Å². The summed E-state index contributed by atoms with van der Waals surface area (Å²) in [6.45, 7) is 5.94. The minimum atomic E-state index is 0.269. The number of thioether (sulfide) groups is 1. The summed E-state index contributed by atoms with van der Waals surface area (Å²) in [6, 6.07) is 17.1. The molecule has 6 heteroatoms. The molecule has 1 N–H and O–H groups in total. The number of nitrogens with one attached hydrogen (secondary N) is 1. The van der Waals surface area contributed by atoms with Crippen molar-refractivity contribution >= 4 is 23.6 Å². The Labute approximate surface area is 184 Å². The SMILES string of the molecule is CCNC(=NCc1ccc(CN2CCCC2=O)cc1)N(C)Cc1ccc(SC)cc1. The van der Waals surface area contributed by atoms with Crippen LogP contribution in [-0.2, 0) is 24.4 Å². The van der Waals surface area contributed by atoms with Gasteiger partial charge in [-0.1, -0.05) is 36.4 Å². The fourth-order valence-corrected chi connectivity index (χ4v) is 3.97. The number of carbonyl (C=O) groups is 1. The summed E-state index contributed by atoms with van der Waals surface area (Å²) in [5, 5.41) is 3.39. The van der Waals surface area contributed by atoms with Crippen molar-refractivity contribution in [1.29, 1.82) is 0 Å². The molecule has 1 saturated heterocycles. The first-order valence-corrected chi connectivity index (χ1v) is 11.8. The van der Waals surface area contributed by atoms with Crippen molar-refractivity contribution in [3.63, 3.8) is 0 Å². The minimum Gasteiger partial charge on any atom is -0.357 e. The fourth-order valence-electron chi connectivity index (χ4n) is 3.56. The number of hydrogen-bond donors (Lipinski definition) is 1. The van der Waals surface area contributed by atoms with Gasteiger partial charge in [-0.3, -0.25) is 4.79 Å². The number of carbonyl (C=O) groups excluding carboxylic acids is 1. The Balaban J connectivity index is 1.59. The van der Waals surface area contributed by atoms with Crippen LogP contribution in [0.15, 0.2) is 58.4 Å². The number of likely N-dealkylation sites (tertiary alicyclic amines) is 1. The van der Waals surface area contributed by atoms with E-state index in [0.29, 0.717) is 19.5 Å². The molecule has 5 nitrogen and oxygen atoms in total. The Morgan fingerprint density at radius 3 is 2.37 bits per heavy atom. The van der Waals surface area contributed by atoms with Crippen molar-refractivity contribution in [2.45, 2.75) is 44.3 Å². The highest BCUT2D eigenvalue weighted by Crippen LogP contribution is 2.16. The monoisotopic (exact) mass is 424 g/mol. The average Bonchev–Trinajstić information content (AvgIpc) is 3.17. The topological polar surface area (TPSA) is 47.9 Å². The Bertz CT molecular complexity index is 849. The van der Waals surface area contributed by atoms with Crippen molar-refractivity contribution in [3.05, 3.63) is 65.2 Å². The fraction of sp³-hybridized carbons (Fsp3) is 0.417. The average molecular weight is 425 g/mol. The molecular weight excluding hydrogens is 392 g/mol. The first-order valence-electron chi connectivity index (χ1n) is 10.6. The molecule has 1 aliphatic rings. The summed E-state index contributed by atoms with van der Waals surface area (Å²) in [6.07, 6.45) is 3.76. The predicted molar refractivity (Wildman–Crippen MR) is 126 cm³/mol.